The fourth-order valence-electron chi connectivity index (χ4n) is 3.57. The summed E-state index contributed by atoms with van der Waals surface area (Å²) < 4.78 is 5.81. The summed E-state index contributed by atoms with van der Waals surface area (Å²) in [6.07, 6.45) is 8.47. The van der Waals surface area contributed by atoms with E-state index in [2.05, 4.69) is 41.2 Å². The van der Waals surface area contributed by atoms with E-state index in [4.69, 9.17) is 4.74 Å². The van der Waals surface area contributed by atoms with Crippen molar-refractivity contribution >= 4 is 5.69 Å². The van der Waals surface area contributed by atoms with E-state index in [-0.39, 0.29) is 5.60 Å². The lowest BCUT2D eigenvalue weighted by Gasteiger charge is -2.40. The average Bonchev–Trinajstić information content (AvgIpc) is 2.48. The minimum atomic E-state index is 0.0354. The number of anilines is 1. The van der Waals surface area contributed by atoms with E-state index >= 15 is 0 Å². The van der Waals surface area contributed by atoms with Gasteiger partial charge in [0.05, 0.1) is 5.60 Å². The first-order valence-corrected chi connectivity index (χ1v) is 8.17. The van der Waals surface area contributed by atoms with Gasteiger partial charge >= 0.3 is 0 Å². The topological polar surface area (TPSA) is 37.4 Å². The summed E-state index contributed by atoms with van der Waals surface area (Å²) in [5.74, 6) is 0. The van der Waals surface area contributed by atoms with E-state index in [0.29, 0.717) is 12.1 Å². The van der Waals surface area contributed by atoms with Crippen LogP contribution in [0.25, 0.3) is 0 Å². The van der Waals surface area contributed by atoms with Crippen LogP contribution in [0.1, 0.15) is 39.5 Å². The normalized spacial score (nSPS) is 26.8. The summed E-state index contributed by atoms with van der Waals surface area (Å²) in [5, 5.41) is 3.87. The molecular weight excluding hydrogens is 262 g/mol. The molecule has 0 bridgehead atoms. The Labute approximate surface area is 127 Å². The molecule has 1 aromatic rings. The smallest absolute Gasteiger partial charge is 0.0641 e. The molecule has 0 saturated carbocycles. The van der Waals surface area contributed by atoms with Crippen LogP contribution in [0, 0.1) is 0 Å². The second kappa shape index (κ2) is 6.32. The van der Waals surface area contributed by atoms with Crippen LogP contribution in [0.3, 0.4) is 0 Å². The number of rotatable bonds is 3. The van der Waals surface area contributed by atoms with Gasteiger partial charge in [0.2, 0.25) is 0 Å². The Morgan fingerprint density at radius 1 is 1.14 bits per heavy atom. The molecule has 3 rings (SSSR count). The van der Waals surface area contributed by atoms with Gasteiger partial charge in [-0.2, -0.15) is 0 Å². The Kier molecular flexibility index (Phi) is 4.45. The molecule has 1 atom stereocenters. The van der Waals surface area contributed by atoms with Crippen molar-refractivity contribution in [3.63, 3.8) is 0 Å². The van der Waals surface area contributed by atoms with E-state index in [1.807, 2.05) is 12.4 Å². The molecule has 1 aromatic heterocycles. The van der Waals surface area contributed by atoms with Gasteiger partial charge in [0.1, 0.15) is 0 Å². The maximum absolute atomic E-state index is 5.81. The summed E-state index contributed by atoms with van der Waals surface area (Å²) in [5.41, 5.74) is 1.34. The molecule has 0 spiro atoms. The third-order valence-electron chi connectivity index (χ3n) is 4.69. The lowest BCUT2D eigenvalue weighted by molar-refractivity contribution is -0.0644. The molecule has 116 valence electrons. The number of pyridine rings is 1. The molecule has 2 fully saturated rings. The summed E-state index contributed by atoms with van der Waals surface area (Å²) >= 11 is 0. The molecule has 2 aliphatic heterocycles. The Bertz CT molecular complexity index is 441. The van der Waals surface area contributed by atoms with Crippen LogP contribution in [-0.2, 0) is 4.74 Å². The van der Waals surface area contributed by atoms with Crippen LogP contribution >= 0.6 is 0 Å². The molecule has 1 N–H and O–H groups in total. The van der Waals surface area contributed by atoms with Crippen molar-refractivity contribution in [1.29, 1.82) is 0 Å². The van der Waals surface area contributed by atoms with E-state index < -0.39 is 0 Å². The fraction of sp³-hybridized carbons (Fsp3) is 0.706. The first-order valence-electron chi connectivity index (χ1n) is 8.17. The van der Waals surface area contributed by atoms with Gasteiger partial charge in [-0.25, -0.2) is 0 Å². The van der Waals surface area contributed by atoms with Crippen LogP contribution in [-0.4, -0.2) is 42.4 Å². The standard InChI is InChI=1S/C17H27N3O/c1-17(2)13-15(7-12-21-17)19-14-5-10-20(11-6-14)16-3-8-18-9-4-16/h3-4,8-9,14-15,19H,5-7,10-13H2,1-2H3. The van der Waals surface area contributed by atoms with Crippen molar-refractivity contribution in [3.05, 3.63) is 24.5 Å². The molecule has 0 amide bonds. The van der Waals surface area contributed by atoms with E-state index in [9.17, 15) is 0 Å². The maximum atomic E-state index is 5.81. The van der Waals surface area contributed by atoms with Crippen LogP contribution < -0.4 is 10.2 Å². The van der Waals surface area contributed by atoms with Crippen molar-refractivity contribution in [3.8, 4) is 0 Å². The van der Waals surface area contributed by atoms with Gasteiger partial charge in [0, 0.05) is 49.9 Å². The summed E-state index contributed by atoms with van der Waals surface area (Å²) in [6.45, 7) is 7.56. The van der Waals surface area contributed by atoms with Crippen molar-refractivity contribution in [2.24, 2.45) is 0 Å². The SMILES string of the molecule is CC1(C)CC(NC2CCN(c3ccncc3)CC2)CCO1. The van der Waals surface area contributed by atoms with E-state index in [1.54, 1.807) is 0 Å². The van der Waals surface area contributed by atoms with Crippen molar-refractivity contribution in [2.75, 3.05) is 24.6 Å². The highest BCUT2D eigenvalue weighted by Gasteiger charge is 2.30. The lowest BCUT2D eigenvalue weighted by Crippen LogP contribution is -2.50. The number of hydrogen-bond donors (Lipinski definition) is 1. The molecule has 0 aromatic carbocycles. The number of piperidine rings is 1. The minimum Gasteiger partial charge on any atom is -0.375 e. The fourth-order valence-corrected chi connectivity index (χ4v) is 3.57. The summed E-state index contributed by atoms with van der Waals surface area (Å²) in [6, 6.07) is 5.48. The highest BCUT2D eigenvalue weighted by atomic mass is 16.5. The van der Waals surface area contributed by atoms with Crippen molar-refractivity contribution < 1.29 is 4.74 Å². The molecule has 1 unspecified atom stereocenters. The van der Waals surface area contributed by atoms with Gasteiger partial charge in [-0.1, -0.05) is 0 Å². The largest absolute Gasteiger partial charge is 0.375 e. The molecule has 2 saturated heterocycles. The lowest BCUT2D eigenvalue weighted by atomic mass is 9.92. The van der Waals surface area contributed by atoms with E-state index in [0.717, 1.165) is 32.5 Å². The number of ether oxygens (including phenoxy) is 1. The van der Waals surface area contributed by atoms with Gasteiger partial charge in [-0.15, -0.1) is 0 Å². The number of hydrogen-bond acceptors (Lipinski definition) is 4. The van der Waals surface area contributed by atoms with Crippen LogP contribution in [0.2, 0.25) is 0 Å². The van der Waals surface area contributed by atoms with Gasteiger partial charge < -0.3 is 15.0 Å². The zero-order valence-electron chi connectivity index (χ0n) is 13.2. The second-order valence-corrected chi connectivity index (χ2v) is 6.93. The van der Waals surface area contributed by atoms with Crippen LogP contribution in [0.4, 0.5) is 5.69 Å². The predicted molar refractivity (Wildman–Crippen MR) is 85.7 cm³/mol. The minimum absolute atomic E-state index is 0.0354. The highest BCUT2D eigenvalue weighted by Crippen LogP contribution is 2.26. The second-order valence-electron chi connectivity index (χ2n) is 6.93. The van der Waals surface area contributed by atoms with Gasteiger partial charge in [-0.05, 0) is 51.7 Å². The monoisotopic (exact) mass is 289 g/mol. The Morgan fingerprint density at radius 3 is 2.52 bits per heavy atom. The summed E-state index contributed by atoms with van der Waals surface area (Å²) in [4.78, 5) is 6.56. The average molecular weight is 289 g/mol. The molecule has 0 aliphatic carbocycles. The third kappa shape index (κ3) is 3.95. The summed E-state index contributed by atoms with van der Waals surface area (Å²) in [7, 11) is 0. The molecule has 0 radical (unpaired) electrons. The van der Waals surface area contributed by atoms with Gasteiger partial charge in [0.15, 0.2) is 0 Å². The quantitative estimate of drug-likeness (QED) is 0.928. The van der Waals surface area contributed by atoms with Crippen LogP contribution in [0.5, 0.6) is 0 Å². The van der Waals surface area contributed by atoms with Crippen LogP contribution in [0.15, 0.2) is 24.5 Å². The molecule has 4 nitrogen and oxygen atoms in total. The number of nitrogens with zero attached hydrogens (tertiary/aromatic N) is 2. The predicted octanol–water partition coefficient (Wildman–Crippen LogP) is 2.60. The number of nitrogens with one attached hydrogen (secondary N) is 1. The maximum Gasteiger partial charge on any atom is 0.0641 e. The first kappa shape index (κ1) is 14.8. The van der Waals surface area contributed by atoms with Crippen molar-refractivity contribution in [2.45, 2.75) is 57.2 Å². The van der Waals surface area contributed by atoms with Gasteiger partial charge in [0.25, 0.3) is 0 Å². The molecule has 2 aliphatic rings. The Morgan fingerprint density at radius 2 is 1.86 bits per heavy atom. The molecule has 21 heavy (non-hydrogen) atoms. The Balaban J connectivity index is 1.48. The Hall–Kier alpha value is -1.13. The molecular formula is C17H27N3O. The zero-order chi connectivity index (χ0) is 14.7. The highest BCUT2D eigenvalue weighted by molar-refractivity contribution is 5.44. The number of aromatic nitrogens is 1. The zero-order valence-corrected chi connectivity index (χ0v) is 13.2. The molecule has 4 heteroatoms. The molecule has 3 heterocycles. The van der Waals surface area contributed by atoms with Gasteiger partial charge in [-0.3, -0.25) is 4.98 Å². The van der Waals surface area contributed by atoms with Crippen molar-refractivity contribution in [1.82, 2.24) is 10.3 Å². The van der Waals surface area contributed by atoms with E-state index in [1.165, 1.54) is 18.5 Å². The third-order valence-corrected chi connectivity index (χ3v) is 4.69. The first-order chi connectivity index (χ1) is 10.1.